The smallest absolute Gasteiger partial charge is 0.227 e. The van der Waals surface area contributed by atoms with Gasteiger partial charge in [0.1, 0.15) is 0 Å². The van der Waals surface area contributed by atoms with Gasteiger partial charge in [0, 0.05) is 67.5 Å². The number of amides is 2. The third-order valence-corrected chi connectivity index (χ3v) is 6.90. The van der Waals surface area contributed by atoms with Gasteiger partial charge in [0.2, 0.25) is 11.8 Å². The molecule has 4 rings (SSSR count). The molecule has 0 N–H and O–H groups in total. The summed E-state index contributed by atoms with van der Waals surface area (Å²) in [5, 5.41) is 0. The number of piperazine rings is 1. The van der Waals surface area contributed by atoms with Crippen molar-refractivity contribution in [3.8, 4) is 0 Å². The van der Waals surface area contributed by atoms with Gasteiger partial charge in [0.25, 0.3) is 0 Å². The molecular formula is C24H27N3O3S. The largest absolute Gasteiger partial charge is 0.368 e. The van der Waals surface area contributed by atoms with Crippen molar-refractivity contribution in [3.63, 3.8) is 0 Å². The lowest BCUT2D eigenvalue weighted by molar-refractivity contribution is -0.133. The zero-order valence-corrected chi connectivity index (χ0v) is 18.6. The highest BCUT2D eigenvalue weighted by Gasteiger charge is 2.25. The first-order chi connectivity index (χ1) is 15.0. The Morgan fingerprint density at radius 2 is 1.52 bits per heavy atom. The minimum Gasteiger partial charge on any atom is -0.368 e. The molecule has 0 unspecified atom stereocenters. The number of fused-ring (bicyclic) bond motifs is 1. The van der Waals surface area contributed by atoms with Gasteiger partial charge >= 0.3 is 0 Å². The van der Waals surface area contributed by atoms with Gasteiger partial charge in [0.15, 0.2) is 5.78 Å². The van der Waals surface area contributed by atoms with Gasteiger partial charge in [-0.05, 0) is 43.3 Å². The van der Waals surface area contributed by atoms with Gasteiger partial charge < -0.3 is 14.7 Å². The SMILES string of the molecule is CC(=O)c1ccc(N2CCN(C(=O)CCC(=O)N3CCSc4ccccc43)CC2)cc1. The van der Waals surface area contributed by atoms with E-state index in [-0.39, 0.29) is 30.4 Å². The molecule has 0 radical (unpaired) electrons. The maximum atomic E-state index is 12.8. The van der Waals surface area contributed by atoms with Crippen LogP contribution in [0.1, 0.15) is 30.1 Å². The summed E-state index contributed by atoms with van der Waals surface area (Å²) in [6.45, 7) is 5.03. The van der Waals surface area contributed by atoms with Crippen LogP contribution in [-0.4, -0.2) is 61.0 Å². The van der Waals surface area contributed by atoms with Gasteiger partial charge in [-0.2, -0.15) is 0 Å². The summed E-state index contributed by atoms with van der Waals surface area (Å²) in [7, 11) is 0. The van der Waals surface area contributed by atoms with E-state index in [2.05, 4.69) is 4.90 Å². The first-order valence-corrected chi connectivity index (χ1v) is 11.7. The number of carbonyl (C=O) groups excluding carboxylic acids is 3. The van der Waals surface area contributed by atoms with Crippen molar-refractivity contribution in [1.29, 1.82) is 0 Å². The molecule has 0 spiro atoms. The number of rotatable bonds is 5. The highest BCUT2D eigenvalue weighted by atomic mass is 32.2. The van der Waals surface area contributed by atoms with Crippen molar-refractivity contribution < 1.29 is 14.4 Å². The summed E-state index contributed by atoms with van der Waals surface area (Å²) in [4.78, 5) is 43.9. The Kier molecular flexibility index (Phi) is 6.61. The Hall–Kier alpha value is -2.80. The third-order valence-electron chi connectivity index (χ3n) is 5.85. The van der Waals surface area contributed by atoms with E-state index in [1.807, 2.05) is 58.3 Å². The minimum absolute atomic E-state index is 0.0188. The maximum Gasteiger partial charge on any atom is 0.227 e. The summed E-state index contributed by atoms with van der Waals surface area (Å²) in [6, 6.07) is 15.6. The van der Waals surface area contributed by atoms with Crippen LogP contribution in [0, 0.1) is 0 Å². The molecule has 0 saturated carbocycles. The Labute approximate surface area is 187 Å². The summed E-state index contributed by atoms with van der Waals surface area (Å²) < 4.78 is 0. The lowest BCUT2D eigenvalue weighted by Crippen LogP contribution is -2.49. The fourth-order valence-electron chi connectivity index (χ4n) is 4.06. The Morgan fingerprint density at radius 1 is 0.839 bits per heavy atom. The molecule has 2 aromatic rings. The molecule has 162 valence electrons. The predicted molar refractivity (Wildman–Crippen MR) is 124 cm³/mol. The van der Waals surface area contributed by atoms with E-state index in [9.17, 15) is 14.4 Å². The molecule has 1 fully saturated rings. The second kappa shape index (κ2) is 9.56. The van der Waals surface area contributed by atoms with Crippen LogP contribution in [0.3, 0.4) is 0 Å². The van der Waals surface area contributed by atoms with E-state index in [1.165, 1.54) is 0 Å². The Balaban J connectivity index is 1.27. The summed E-state index contributed by atoms with van der Waals surface area (Å²) in [5.41, 5.74) is 2.73. The molecule has 0 aliphatic carbocycles. The van der Waals surface area contributed by atoms with Gasteiger partial charge in [-0.15, -0.1) is 11.8 Å². The third kappa shape index (κ3) is 4.93. The molecule has 2 aromatic carbocycles. The lowest BCUT2D eigenvalue weighted by atomic mass is 10.1. The molecule has 2 aliphatic heterocycles. The number of hydrogen-bond donors (Lipinski definition) is 0. The highest BCUT2D eigenvalue weighted by molar-refractivity contribution is 7.99. The molecule has 0 atom stereocenters. The zero-order chi connectivity index (χ0) is 21.8. The minimum atomic E-state index is 0.0188. The number of thioether (sulfide) groups is 1. The average Bonchev–Trinajstić information content (AvgIpc) is 2.82. The number of anilines is 2. The fourth-order valence-corrected chi connectivity index (χ4v) is 5.05. The molecule has 1 saturated heterocycles. The lowest BCUT2D eigenvalue weighted by Gasteiger charge is -2.36. The molecule has 0 bridgehead atoms. The van der Waals surface area contributed by atoms with Crippen molar-refractivity contribution in [2.24, 2.45) is 0 Å². The maximum absolute atomic E-state index is 12.8. The number of benzene rings is 2. The summed E-state index contributed by atoms with van der Waals surface area (Å²) in [5.74, 6) is 1.000. The Morgan fingerprint density at radius 3 is 2.23 bits per heavy atom. The average molecular weight is 438 g/mol. The summed E-state index contributed by atoms with van der Waals surface area (Å²) in [6.07, 6.45) is 0.489. The van der Waals surface area contributed by atoms with E-state index >= 15 is 0 Å². The molecule has 2 aliphatic rings. The molecule has 2 amide bonds. The van der Waals surface area contributed by atoms with Crippen LogP contribution in [0.2, 0.25) is 0 Å². The molecule has 31 heavy (non-hydrogen) atoms. The number of para-hydroxylation sites is 1. The standard InChI is InChI=1S/C24H27N3O3S/c1-18(28)19-6-8-20(9-7-19)25-12-14-26(15-13-25)23(29)10-11-24(30)27-16-17-31-22-5-3-2-4-21(22)27/h2-9H,10-17H2,1H3. The molecule has 7 heteroatoms. The van der Waals surface area contributed by atoms with Crippen LogP contribution in [0.25, 0.3) is 0 Å². The van der Waals surface area contributed by atoms with Crippen molar-refractivity contribution in [3.05, 3.63) is 54.1 Å². The van der Waals surface area contributed by atoms with Gasteiger partial charge in [-0.1, -0.05) is 12.1 Å². The number of hydrogen-bond acceptors (Lipinski definition) is 5. The van der Waals surface area contributed by atoms with E-state index in [1.54, 1.807) is 18.7 Å². The molecule has 0 aromatic heterocycles. The first kappa shape index (κ1) is 21.4. The summed E-state index contributed by atoms with van der Waals surface area (Å²) >= 11 is 1.77. The monoisotopic (exact) mass is 437 g/mol. The Bertz CT molecular complexity index is 968. The fraction of sp³-hybridized carbons (Fsp3) is 0.375. The van der Waals surface area contributed by atoms with Crippen molar-refractivity contribution in [2.45, 2.75) is 24.7 Å². The highest BCUT2D eigenvalue weighted by Crippen LogP contribution is 2.34. The quantitative estimate of drug-likeness (QED) is 0.671. The van der Waals surface area contributed by atoms with Gasteiger partial charge in [-0.3, -0.25) is 14.4 Å². The number of nitrogens with zero attached hydrogens (tertiary/aromatic N) is 3. The number of Topliss-reactive ketones (excluding diaryl/α,β-unsaturated/α-hetero) is 1. The second-order valence-electron chi connectivity index (χ2n) is 7.83. The van der Waals surface area contributed by atoms with E-state index < -0.39 is 0 Å². The normalized spacial score (nSPS) is 16.1. The van der Waals surface area contributed by atoms with E-state index in [0.29, 0.717) is 25.2 Å². The van der Waals surface area contributed by atoms with E-state index in [4.69, 9.17) is 0 Å². The van der Waals surface area contributed by atoms with E-state index in [0.717, 1.165) is 35.1 Å². The van der Waals surface area contributed by atoms with Crippen molar-refractivity contribution >= 4 is 40.7 Å². The van der Waals surface area contributed by atoms with Crippen molar-refractivity contribution in [1.82, 2.24) is 4.90 Å². The number of ketones is 1. The van der Waals surface area contributed by atoms with Crippen LogP contribution in [0.15, 0.2) is 53.4 Å². The van der Waals surface area contributed by atoms with Crippen molar-refractivity contribution in [2.75, 3.05) is 48.3 Å². The topological polar surface area (TPSA) is 60.9 Å². The molecule has 2 heterocycles. The first-order valence-electron chi connectivity index (χ1n) is 10.7. The van der Waals surface area contributed by atoms with Crippen LogP contribution in [0.4, 0.5) is 11.4 Å². The predicted octanol–water partition coefficient (Wildman–Crippen LogP) is 3.46. The van der Waals surface area contributed by atoms with Crippen LogP contribution >= 0.6 is 11.8 Å². The van der Waals surface area contributed by atoms with Gasteiger partial charge in [0.05, 0.1) is 5.69 Å². The van der Waals surface area contributed by atoms with Crippen LogP contribution in [0.5, 0.6) is 0 Å². The molecular weight excluding hydrogens is 410 g/mol. The van der Waals surface area contributed by atoms with Crippen LogP contribution < -0.4 is 9.80 Å². The zero-order valence-electron chi connectivity index (χ0n) is 17.8. The molecule has 6 nitrogen and oxygen atoms in total. The van der Waals surface area contributed by atoms with Crippen LogP contribution in [-0.2, 0) is 9.59 Å². The van der Waals surface area contributed by atoms with Gasteiger partial charge in [-0.25, -0.2) is 0 Å². The second-order valence-corrected chi connectivity index (χ2v) is 8.97. The number of carbonyl (C=O) groups is 3.